The highest BCUT2D eigenvalue weighted by molar-refractivity contribution is 6.30. The molecule has 0 aliphatic heterocycles. The summed E-state index contributed by atoms with van der Waals surface area (Å²) in [5.74, 6) is 2.10. The highest BCUT2D eigenvalue weighted by Crippen LogP contribution is 2.35. The Morgan fingerprint density at radius 1 is 1.35 bits per heavy atom. The first kappa shape index (κ1) is 13.6. The van der Waals surface area contributed by atoms with Crippen LogP contribution in [0, 0.1) is 5.92 Å². The molecule has 1 fully saturated rings. The number of rotatable bonds is 5. The predicted octanol–water partition coefficient (Wildman–Crippen LogP) is 3.62. The number of benzene rings is 1. The van der Waals surface area contributed by atoms with Crippen molar-refractivity contribution in [2.75, 3.05) is 7.05 Å². The average Bonchev–Trinajstić information content (AvgIpc) is 3.19. The first-order chi connectivity index (χ1) is 9.63. The van der Waals surface area contributed by atoms with E-state index < -0.39 is 0 Å². The summed E-state index contributed by atoms with van der Waals surface area (Å²) in [6.45, 7) is 2.95. The van der Waals surface area contributed by atoms with Crippen LogP contribution in [0.4, 0.5) is 0 Å². The molecule has 1 aromatic carbocycles. The van der Waals surface area contributed by atoms with Gasteiger partial charge in [0, 0.05) is 16.6 Å². The molecular weight excluding hydrogens is 274 g/mol. The van der Waals surface area contributed by atoms with Gasteiger partial charge in [-0.2, -0.15) is 4.98 Å². The molecule has 2 aromatic rings. The van der Waals surface area contributed by atoms with E-state index in [4.69, 9.17) is 16.1 Å². The highest BCUT2D eigenvalue weighted by Gasteiger charge is 2.30. The minimum absolute atomic E-state index is 0.570. The third kappa shape index (κ3) is 3.02. The van der Waals surface area contributed by atoms with Gasteiger partial charge in [-0.3, -0.25) is 4.90 Å². The molecule has 0 N–H and O–H groups in total. The van der Waals surface area contributed by atoms with Crippen molar-refractivity contribution in [3.63, 3.8) is 0 Å². The molecule has 0 spiro atoms. The molecule has 1 heterocycles. The summed E-state index contributed by atoms with van der Waals surface area (Å²) in [6, 6.07) is 8.02. The zero-order valence-electron chi connectivity index (χ0n) is 11.7. The van der Waals surface area contributed by atoms with Gasteiger partial charge in [-0.05, 0) is 57.0 Å². The van der Waals surface area contributed by atoms with Crippen LogP contribution in [-0.2, 0) is 6.54 Å². The second kappa shape index (κ2) is 5.54. The number of hydrogen-bond acceptors (Lipinski definition) is 4. The summed E-state index contributed by atoms with van der Waals surface area (Å²) in [7, 11) is 2.11. The lowest BCUT2D eigenvalue weighted by atomic mass is 10.2. The SMILES string of the molecule is CC(C1CC1)N(C)Cc1nc(-c2ccc(Cl)cc2)no1. The number of aromatic nitrogens is 2. The van der Waals surface area contributed by atoms with Gasteiger partial charge in [0.15, 0.2) is 0 Å². The molecule has 106 valence electrons. The first-order valence-electron chi connectivity index (χ1n) is 6.92. The van der Waals surface area contributed by atoms with Crippen LogP contribution in [0.3, 0.4) is 0 Å². The van der Waals surface area contributed by atoms with Crippen molar-refractivity contribution in [2.45, 2.75) is 32.4 Å². The molecule has 0 bridgehead atoms. The normalized spacial score (nSPS) is 16.6. The molecule has 0 amide bonds. The van der Waals surface area contributed by atoms with E-state index in [1.54, 1.807) is 0 Å². The summed E-state index contributed by atoms with van der Waals surface area (Å²) in [6.07, 6.45) is 2.68. The quantitative estimate of drug-likeness (QED) is 0.844. The first-order valence-corrected chi connectivity index (χ1v) is 7.30. The van der Waals surface area contributed by atoms with E-state index >= 15 is 0 Å². The van der Waals surface area contributed by atoms with Gasteiger partial charge in [0.25, 0.3) is 0 Å². The molecule has 0 radical (unpaired) electrons. The second-order valence-corrected chi connectivity index (χ2v) is 5.95. The molecule has 1 saturated carbocycles. The monoisotopic (exact) mass is 291 g/mol. The molecule has 1 unspecified atom stereocenters. The third-order valence-electron chi connectivity index (χ3n) is 3.95. The van der Waals surface area contributed by atoms with E-state index in [-0.39, 0.29) is 0 Å². The minimum Gasteiger partial charge on any atom is -0.338 e. The molecule has 0 saturated heterocycles. The van der Waals surface area contributed by atoms with Gasteiger partial charge in [-0.25, -0.2) is 0 Å². The Kier molecular flexibility index (Phi) is 3.76. The summed E-state index contributed by atoms with van der Waals surface area (Å²) < 4.78 is 5.33. The van der Waals surface area contributed by atoms with Crippen molar-refractivity contribution in [1.82, 2.24) is 15.0 Å². The lowest BCUT2D eigenvalue weighted by Gasteiger charge is -2.22. The Hall–Kier alpha value is -1.39. The number of hydrogen-bond donors (Lipinski definition) is 0. The maximum absolute atomic E-state index is 5.87. The molecule has 1 aliphatic rings. The molecule has 1 aromatic heterocycles. The largest absolute Gasteiger partial charge is 0.338 e. The third-order valence-corrected chi connectivity index (χ3v) is 4.21. The van der Waals surface area contributed by atoms with Gasteiger partial charge >= 0.3 is 0 Å². The molecule has 20 heavy (non-hydrogen) atoms. The predicted molar refractivity (Wildman–Crippen MR) is 78.4 cm³/mol. The molecule has 4 nitrogen and oxygen atoms in total. The van der Waals surface area contributed by atoms with E-state index in [1.807, 2.05) is 24.3 Å². The van der Waals surface area contributed by atoms with Crippen LogP contribution < -0.4 is 0 Å². The van der Waals surface area contributed by atoms with Crippen molar-refractivity contribution < 1.29 is 4.52 Å². The molecule has 1 aliphatic carbocycles. The van der Waals surface area contributed by atoms with Crippen LogP contribution in [-0.4, -0.2) is 28.1 Å². The highest BCUT2D eigenvalue weighted by atomic mass is 35.5. The Morgan fingerprint density at radius 3 is 2.70 bits per heavy atom. The number of halogens is 1. The van der Waals surface area contributed by atoms with Gasteiger partial charge < -0.3 is 4.52 Å². The van der Waals surface area contributed by atoms with Gasteiger partial charge in [-0.15, -0.1) is 0 Å². The van der Waals surface area contributed by atoms with E-state index in [2.05, 4.69) is 29.0 Å². The zero-order valence-corrected chi connectivity index (χ0v) is 12.5. The Bertz CT molecular complexity index is 577. The van der Waals surface area contributed by atoms with Crippen molar-refractivity contribution >= 4 is 11.6 Å². The Labute approximate surface area is 123 Å². The van der Waals surface area contributed by atoms with E-state index in [1.165, 1.54) is 12.8 Å². The Balaban J connectivity index is 1.68. The van der Waals surface area contributed by atoms with Gasteiger partial charge in [0.1, 0.15) is 0 Å². The van der Waals surface area contributed by atoms with Crippen molar-refractivity contribution in [3.05, 3.63) is 35.2 Å². The molecule has 1 atom stereocenters. The van der Waals surface area contributed by atoms with Crippen LogP contribution in [0.25, 0.3) is 11.4 Å². The zero-order chi connectivity index (χ0) is 14.1. The van der Waals surface area contributed by atoms with Crippen molar-refractivity contribution in [2.24, 2.45) is 5.92 Å². The fourth-order valence-corrected chi connectivity index (χ4v) is 2.46. The minimum atomic E-state index is 0.570. The maximum atomic E-state index is 5.87. The maximum Gasteiger partial charge on any atom is 0.241 e. The van der Waals surface area contributed by atoms with Crippen LogP contribution in [0.5, 0.6) is 0 Å². The van der Waals surface area contributed by atoms with Crippen LogP contribution in [0.15, 0.2) is 28.8 Å². The average molecular weight is 292 g/mol. The summed E-state index contributed by atoms with van der Waals surface area (Å²) in [5.41, 5.74) is 0.919. The summed E-state index contributed by atoms with van der Waals surface area (Å²) in [5, 5.41) is 4.74. The second-order valence-electron chi connectivity index (χ2n) is 5.51. The van der Waals surface area contributed by atoms with E-state index in [0.717, 1.165) is 11.5 Å². The van der Waals surface area contributed by atoms with Crippen molar-refractivity contribution in [1.29, 1.82) is 0 Å². The smallest absolute Gasteiger partial charge is 0.241 e. The molecule has 3 rings (SSSR count). The van der Waals surface area contributed by atoms with Gasteiger partial charge in [0.2, 0.25) is 11.7 Å². The topological polar surface area (TPSA) is 42.2 Å². The van der Waals surface area contributed by atoms with Crippen LogP contribution in [0.1, 0.15) is 25.7 Å². The Morgan fingerprint density at radius 2 is 2.05 bits per heavy atom. The summed E-state index contributed by atoms with van der Waals surface area (Å²) in [4.78, 5) is 6.72. The lowest BCUT2D eigenvalue weighted by Crippen LogP contribution is -2.30. The van der Waals surface area contributed by atoms with Crippen molar-refractivity contribution in [3.8, 4) is 11.4 Å². The van der Waals surface area contributed by atoms with E-state index in [0.29, 0.717) is 29.3 Å². The van der Waals surface area contributed by atoms with Gasteiger partial charge in [0.05, 0.1) is 6.54 Å². The molecular formula is C15H18ClN3O. The van der Waals surface area contributed by atoms with Crippen LogP contribution in [0.2, 0.25) is 5.02 Å². The standard InChI is InChI=1S/C15H18ClN3O/c1-10(11-3-4-11)19(2)9-14-17-15(18-20-14)12-5-7-13(16)8-6-12/h5-8,10-11H,3-4,9H2,1-2H3. The summed E-state index contributed by atoms with van der Waals surface area (Å²) >= 11 is 5.87. The van der Waals surface area contributed by atoms with Crippen LogP contribution >= 0.6 is 11.6 Å². The fourth-order valence-electron chi connectivity index (χ4n) is 2.33. The number of nitrogens with zero attached hydrogens (tertiary/aromatic N) is 3. The molecule has 5 heteroatoms. The van der Waals surface area contributed by atoms with E-state index in [9.17, 15) is 0 Å². The fraction of sp³-hybridized carbons (Fsp3) is 0.467. The lowest BCUT2D eigenvalue weighted by molar-refractivity contribution is 0.197. The van der Waals surface area contributed by atoms with Gasteiger partial charge in [-0.1, -0.05) is 16.8 Å².